The van der Waals surface area contributed by atoms with Gasteiger partial charge in [-0.3, -0.25) is 0 Å². The summed E-state index contributed by atoms with van der Waals surface area (Å²) >= 11 is 0. The van der Waals surface area contributed by atoms with Gasteiger partial charge in [-0.15, -0.1) is 0 Å². The van der Waals surface area contributed by atoms with Gasteiger partial charge >= 0.3 is 0 Å². The fourth-order valence-corrected chi connectivity index (χ4v) is 2.09. The van der Waals surface area contributed by atoms with Crippen molar-refractivity contribution >= 4 is 0 Å². The highest BCUT2D eigenvalue weighted by Gasteiger charge is 2.21. The summed E-state index contributed by atoms with van der Waals surface area (Å²) in [5.74, 6) is 1.41. The summed E-state index contributed by atoms with van der Waals surface area (Å²) in [6, 6.07) is 0. The fraction of sp³-hybridized carbons (Fsp3) is 0.647. The molecule has 0 saturated carbocycles. The lowest BCUT2D eigenvalue weighted by Crippen LogP contribution is -2.10. The van der Waals surface area contributed by atoms with Crippen molar-refractivity contribution in [2.75, 3.05) is 0 Å². The van der Waals surface area contributed by atoms with Crippen molar-refractivity contribution in [3.05, 3.63) is 36.5 Å². The zero-order chi connectivity index (χ0) is 13.3. The van der Waals surface area contributed by atoms with Gasteiger partial charge < -0.3 is 0 Å². The van der Waals surface area contributed by atoms with Gasteiger partial charge in [0.05, 0.1) is 0 Å². The lowest BCUT2D eigenvalue weighted by molar-refractivity contribution is 0.498. The Morgan fingerprint density at radius 1 is 0.882 bits per heavy atom. The van der Waals surface area contributed by atoms with Crippen LogP contribution in [0.1, 0.15) is 54.4 Å². The highest BCUT2D eigenvalue weighted by molar-refractivity contribution is 5.20. The Kier molecular flexibility index (Phi) is 7.95. The third kappa shape index (κ3) is 5.39. The van der Waals surface area contributed by atoms with Gasteiger partial charge in [0.1, 0.15) is 0 Å². The number of rotatable bonds is 0. The van der Waals surface area contributed by atoms with E-state index in [1.807, 2.05) is 27.7 Å². The molecule has 0 N–H and O–H groups in total. The van der Waals surface area contributed by atoms with Crippen LogP contribution in [0, 0.1) is 17.3 Å². The predicted octanol–water partition coefficient (Wildman–Crippen LogP) is 5.77. The molecule has 0 saturated heterocycles. The molecule has 2 atom stereocenters. The molecule has 0 amide bonds. The van der Waals surface area contributed by atoms with Gasteiger partial charge in [0, 0.05) is 11.3 Å². The summed E-state index contributed by atoms with van der Waals surface area (Å²) in [7, 11) is 0. The van der Waals surface area contributed by atoms with Crippen LogP contribution < -0.4 is 0 Å². The minimum atomic E-state index is 0.255. The van der Waals surface area contributed by atoms with Crippen LogP contribution in [0.2, 0.25) is 0 Å². The van der Waals surface area contributed by atoms with Crippen LogP contribution in [0.3, 0.4) is 0 Å². The van der Waals surface area contributed by atoms with Crippen molar-refractivity contribution in [2.24, 2.45) is 17.3 Å². The SMILES string of the molecule is CC.CC.CC1(C)C=CC2C=CCCC2C=C1. The summed E-state index contributed by atoms with van der Waals surface area (Å²) in [5.41, 5.74) is 0.255. The highest BCUT2D eigenvalue weighted by Crippen LogP contribution is 2.33. The number of fused-ring (bicyclic) bond motifs is 1. The number of hydrogen-bond acceptors (Lipinski definition) is 0. The Hall–Kier alpha value is -0.780. The molecule has 17 heavy (non-hydrogen) atoms. The zero-order valence-corrected chi connectivity index (χ0v) is 12.5. The Morgan fingerprint density at radius 2 is 1.47 bits per heavy atom. The van der Waals surface area contributed by atoms with E-state index in [4.69, 9.17) is 0 Å². The summed E-state index contributed by atoms with van der Waals surface area (Å²) < 4.78 is 0. The fourth-order valence-electron chi connectivity index (χ4n) is 2.09. The molecule has 2 aliphatic rings. The quantitative estimate of drug-likeness (QED) is 0.466. The van der Waals surface area contributed by atoms with E-state index in [1.165, 1.54) is 12.8 Å². The summed E-state index contributed by atoms with van der Waals surface area (Å²) in [6.07, 6.45) is 16.7. The number of allylic oxidation sites excluding steroid dienone is 6. The van der Waals surface area contributed by atoms with E-state index in [1.54, 1.807) is 0 Å². The lowest BCUT2D eigenvalue weighted by atomic mass is 9.84. The van der Waals surface area contributed by atoms with Crippen LogP contribution in [0.5, 0.6) is 0 Å². The van der Waals surface area contributed by atoms with E-state index in [-0.39, 0.29) is 5.41 Å². The summed E-state index contributed by atoms with van der Waals surface area (Å²) in [4.78, 5) is 0. The minimum Gasteiger partial charge on any atom is -0.0879 e. The molecular weight excluding hydrogens is 204 g/mol. The normalized spacial score (nSPS) is 27.9. The molecule has 0 fully saturated rings. The highest BCUT2D eigenvalue weighted by atomic mass is 14.3. The second-order valence-electron chi connectivity index (χ2n) is 4.79. The molecule has 0 aromatic carbocycles. The topological polar surface area (TPSA) is 0 Å². The van der Waals surface area contributed by atoms with Gasteiger partial charge in [-0.05, 0) is 18.8 Å². The van der Waals surface area contributed by atoms with Gasteiger partial charge in [-0.2, -0.15) is 0 Å². The smallest absolute Gasteiger partial charge is 0.000980 e. The zero-order valence-electron chi connectivity index (χ0n) is 12.5. The van der Waals surface area contributed by atoms with Crippen molar-refractivity contribution in [1.29, 1.82) is 0 Å². The Morgan fingerprint density at radius 3 is 2.12 bits per heavy atom. The molecule has 0 radical (unpaired) electrons. The molecule has 2 unspecified atom stereocenters. The standard InChI is InChI=1S/C13H18.2C2H6/c1-13(2)9-7-11-5-3-4-6-12(11)8-10-13;2*1-2/h3,5,7-12H,4,6H2,1-2H3;2*1-2H3. The first-order valence-corrected chi connectivity index (χ1v) is 7.23. The van der Waals surface area contributed by atoms with Crippen LogP contribution in [-0.4, -0.2) is 0 Å². The lowest BCUT2D eigenvalue weighted by Gasteiger charge is -2.20. The van der Waals surface area contributed by atoms with Gasteiger partial charge in [-0.1, -0.05) is 78.0 Å². The van der Waals surface area contributed by atoms with Crippen molar-refractivity contribution in [2.45, 2.75) is 54.4 Å². The maximum absolute atomic E-state index is 2.41. The van der Waals surface area contributed by atoms with E-state index in [0.717, 1.165) is 5.92 Å². The minimum absolute atomic E-state index is 0.255. The van der Waals surface area contributed by atoms with Crippen molar-refractivity contribution < 1.29 is 0 Å². The van der Waals surface area contributed by atoms with E-state index < -0.39 is 0 Å². The Bertz CT molecular complexity index is 266. The van der Waals surface area contributed by atoms with Crippen molar-refractivity contribution in [1.82, 2.24) is 0 Å². The van der Waals surface area contributed by atoms with Crippen LogP contribution >= 0.6 is 0 Å². The maximum atomic E-state index is 2.41. The van der Waals surface area contributed by atoms with Crippen molar-refractivity contribution in [3.8, 4) is 0 Å². The monoisotopic (exact) mass is 234 g/mol. The van der Waals surface area contributed by atoms with Crippen LogP contribution in [0.25, 0.3) is 0 Å². The predicted molar refractivity (Wildman–Crippen MR) is 80.1 cm³/mol. The average Bonchev–Trinajstić information content (AvgIpc) is 2.54. The second kappa shape index (κ2) is 8.33. The second-order valence-corrected chi connectivity index (χ2v) is 4.79. The van der Waals surface area contributed by atoms with Crippen molar-refractivity contribution in [3.63, 3.8) is 0 Å². The molecular formula is C17H30. The number of hydrogen-bond donors (Lipinski definition) is 0. The molecule has 0 spiro atoms. The molecule has 0 heterocycles. The first-order chi connectivity index (χ1) is 8.17. The maximum Gasteiger partial charge on any atom is 0.000980 e. The third-order valence-electron chi connectivity index (χ3n) is 3.04. The Labute approximate surface area is 109 Å². The van der Waals surface area contributed by atoms with Gasteiger partial charge in [0.2, 0.25) is 0 Å². The summed E-state index contributed by atoms with van der Waals surface area (Å²) in [6.45, 7) is 12.5. The Balaban J connectivity index is 0.000000581. The van der Waals surface area contributed by atoms with Crippen LogP contribution in [0.15, 0.2) is 36.5 Å². The summed E-state index contributed by atoms with van der Waals surface area (Å²) in [5, 5.41) is 0. The van der Waals surface area contributed by atoms with Gasteiger partial charge in [0.25, 0.3) is 0 Å². The van der Waals surface area contributed by atoms with E-state index in [2.05, 4.69) is 50.3 Å². The van der Waals surface area contributed by atoms with Gasteiger partial charge in [-0.25, -0.2) is 0 Å². The molecule has 2 rings (SSSR count). The molecule has 0 heteroatoms. The molecule has 98 valence electrons. The third-order valence-corrected chi connectivity index (χ3v) is 3.04. The molecule has 0 nitrogen and oxygen atoms in total. The van der Waals surface area contributed by atoms with E-state index in [0.29, 0.717) is 5.92 Å². The molecule has 2 aliphatic carbocycles. The van der Waals surface area contributed by atoms with E-state index >= 15 is 0 Å². The largest absolute Gasteiger partial charge is 0.0879 e. The van der Waals surface area contributed by atoms with Crippen LogP contribution in [0.4, 0.5) is 0 Å². The first kappa shape index (κ1) is 16.2. The molecule has 0 aromatic heterocycles. The average molecular weight is 234 g/mol. The molecule has 0 aromatic rings. The van der Waals surface area contributed by atoms with Crippen LogP contribution in [-0.2, 0) is 0 Å². The van der Waals surface area contributed by atoms with Gasteiger partial charge in [0.15, 0.2) is 0 Å². The first-order valence-electron chi connectivity index (χ1n) is 7.23. The molecule has 0 aliphatic heterocycles. The molecule has 0 bridgehead atoms. The van der Waals surface area contributed by atoms with E-state index in [9.17, 15) is 0 Å².